The zero-order chi connectivity index (χ0) is 20.1. The Morgan fingerprint density at radius 2 is 1.45 bits per heavy atom. The van der Waals surface area contributed by atoms with Crippen LogP contribution in [0.2, 0.25) is 0 Å². The Balaban J connectivity index is 1.73. The number of hydrogen-bond donors (Lipinski definition) is 1. The lowest BCUT2D eigenvalue weighted by molar-refractivity contribution is 0.405. The molecule has 2 heterocycles. The SMILES string of the molecule is CN(C)CCCNc1cnc2nc(-c3ccccc3)c(-c3ccccc3)nc2c1. The molecule has 0 atom stereocenters. The van der Waals surface area contributed by atoms with Gasteiger partial charge in [0.05, 0.1) is 23.3 Å². The summed E-state index contributed by atoms with van der Waals surface area (Å²) in [4.78, 5) is 16.6. The first kappa shape index (κ1) is 19.0. The van der Waals surface area contributed by atoms with Crippen LogP contribution in [0, 0.1) is 0 Å². The summed E-state index contributed by atoms with van der Waals surface area (Å²) < 4.78 is 0. The van der Waals surface area contributed by atoms with Crippen molar-refractivity contribution in [2.75, 3.05) is 32.5 Å². The maximum absolute atomic E-state index is 4.97. The Morgan fingerprint density at radius 3 is 2.07 bits per heavy atom. The van der Waals surface area contributed by atoms with Gasteiger partial charge in [-0.15, -0.1) is 0 Å². The molecular weight excluding hydrogens is 358 g/mol. The maximum Gasteiger partial charge on any atom is 0.178 e. The monoisotopic (exact) mass is 383 g/mol. The third-order valence-corrected chi connectivity index (χ3v) is 4.73. The molecule has 0 amide bonds. The Hall–Kier alpha value is -3.31. The normalized spacial score (nSPS) is 11.1. The van der Waals surface area contributed by atoms with E-state index in [1.54, 1.807) is 0 Å². The van der Waals surface area contributed by atoms with Gasteiger partial charge in [0, 0.05) is 17.7 Å². The number of anilines is 1. The Morgan fingerprint density at radius 1 is 0.828 bits per heavy atom. The van der Waals surface area contributed by atoms with Gasteiger partial charge in [0.25, 0.3) is 0 Å². The molecule has 146 valence electrons. The van der Waals surface area contributed by atoms with E-state index in [1.165, 1.54) is 0 Å². The number of pyridine rings is 1. The molecule has 1 N–H and O–H groups in total. The molecule has 0 fully saturated rings. The van der Waals surface area contributed by atoms with E-state index < -0.39 is 0 Å². The number of aromatic nitrogens is 3. The highest BCUT2D eigenvalue weighted by Gasteiger charge is 2.14. The minimum Gasteiger partial charge on any atom is -0.384 e. The van der Waals surface area contributed by atoms with Gasteiger partial charge in [-0.1, -0.05) is 60.7 Å². The molecule has 4 aromatic rings. The first-order chi connectivity index (χ1) is 14.2. The second-order valence-corrected chi connectivity index (χ2v) is 7.30. The van der Waals surface area contributed by atoms with E-state index in [0.717, 1.165) is 53.2 Å². The minimum absolute atomic E-state index is 0.655. The molecule has 0 radical (unpaired) electrons. The van der Waals surface area contributed by atoms with Crippen LogP contribution in [-0.2, 0) is 0 Å². The summed E-state index contributed by atoms with van der Waals surface area (Å²) in [7, 11) is 4.17. The second-order valence-electron chi connectivity index (χ2n) is 7.30. The zero-order valence-corrected chi connectivity index (χ0v) is 16.8. The average Bonchev–Trinajstić information content (AvgIpc) is 2.77. The Labute approximate surface area is 171 Å². The molecule has 4 rings (SSSR count). The number of hydrogen-bond acceptors (Lipinski definition) is 5. The number of benzene rings is 2. The molecule has 0 aliphatic rings. The van der Waals surface area contributed by atoms with Gasteiger partial charge >= 0.3 is 0 Å². The van der Waals surface area contributed by atoms with Crippen LogP contribution in [0.15, 0.2) is 72.9 Å². The number of nitrogens with one attached hydrogen (secondary N) is 1. The molecule has 29 heavy (non-hydrogen) atoms. The summed E-state index contributed by atoms with van der Waals surface area (Å²) in [5.74, 6) is 0. The molecule has 2 aromatic carbocycles. The number of nitrogens with zero attached hydrogens (tertiary/aromatic N) is 4. The van der Waals surface area contributed by atoms with Crippen LogP contribution < -0.4 is 5.32 Å². The van der Waals surface area contributed by atoms with Gasteiger partial charge in [0.15, 0.2) is 5.65 Å². The van der Waals surface area contributed by atoms with E-state index in [2.05, 4.69) is 53.6 Å². The lowest BCUT2D eigenvalue weighted by Gasteiger charge is -2.12. The van der Waals surface area contributed by atoms with Gasteiger partial charge in [-0.2, -0.15) is 0 Å². The summed E-state index contributed by atoms with van der Waals surface area (Å²) >= 11 is 0. The number of rotatable bonds is 7. The molecule has 0 unspecified atom stereocenters. The van der Waals surface area contributed by atoms with Gasteiger partial charge < -0.3 is 10.2 Å². The molecule has 0 saturated heterocycles. The van der Waals surface area contributed by atoms with Crippen molar-refractivity contribution in [3.05, 3.63) is 72.9 Å². The van der Waals surface area contributed by atoms with Crippen LogP contribution in [-0.4, -0.2) is 47.0 Å². The molecule has 0 bridgehead atoms. The van der Waals surface area contributed by atoms with Gasteiger partial charge in [0.1, 0.15) is 5.52 Å². The summed E-state index contributed by atoms with van der Waals surface area (Å²) in [6.45, 7) is 1.94. The topological polar surface area (TPSA) is 53.9 Å². The molecule has 0 aliphatic heterocycles. The predicted molar refractivity (Wildman–Crippen MR) is 120 cm³/mol. The van der Waals surface area contributed by atoms with E-state index in [1.807, 2.05) is 48.7 Å². The third-order valence-electron chi connectivity index (χ3n) is 4.73. The fourth-order valence-corrected chi connectivity index (χ4v) is 3.27. The lowest BCUT2D eigenvalue weighted by Crippen LogP contribution is -2.16. The summed E-state index contributed by atoms with van der Waals surface area (Å²) in [5, 5.41) is 3.44. The summed E-state index contributed by atoms with van der Waals surface area (Å²) in [6, 6.07) is 22.4. The average molecular weight is 383 g/mol. The van der Waals surface area contributed by atoms with Crippen molar-refractivity contribution >= 4 is 16.9 Å². The lowest BCUT2D eigenvalue weighted by atomic mass is 10.0. The second kappa shape index (κ2) is 8.80. The van der Waals surface area contributed by atoms with Crippen molar-refractivity contribution in [1.82, 2.24) is 19.9 Å². The van der Waals surface area contributed by atoms with Crippen molar-refractivity contribution in [2.24, 2.45) is 0 Å². The Bertz CT molecular complexity index is 1080. The highest BCUT2D eigenvalue weighted by atomic mass is 15.1. The predicted octanol–water partition coefficient (Wildman–Crippen LogP) is 4.72. The van der Waals surface area contributed by atoms with E-state index in [9.17, 15) is 0 Å². The molecular formula is C24H25N5. The van der Waals surface area contributed by atoms with E-state index in [4.69, 9.17) is 9.97 Å². The van der Waals surface area contributed by atoms with Crippen LogP contribution in [0.5, 0.6) is 0 Å². The van der Waals surface area contributed by atoms with E-state index in [0.29, 0.717) is 5.65 Å². The smallest absolute Gasteiger partial charge is 0.178 e. The van der Waals surface area contributed by atoms with Crippen molar-refractivity contribution in [3.63, 3.8) is 0 Å². The third kappa shape index (κ3) is 4.58. The highest BCUT2D eigenvalue weighted by molar-refractivity contribution is 5.85. The molecule has 0 saturated carbocycles. The molecule has 0 aliphatic carbocycles. The van der Waals surface area contributed by atoms with Crippen LogP contribution in [0.3, 0.4) is 0 Å². The first-order valence-corrected chi connectivity index (χ1v) is 9.88. The van der Waals surface area contributed by atoms with Crippen LogP contribution in [0.4, 0.5) is 5.69 Å². The fourth-order valence-electron chi connectivity index (χ4n) is 3.27. The molecule has 2 aromatic heterocycles. The molecule has 5 heteroatoms. The standard InChI is InChI=1S/C24H25N5/c1-29(2)15-9-14-25-20-16-21-24(26-17-20)28-23(19-12-7-4-8-13-19)22(27-21)18-10-5-3-6-11-18/h3-8,10-13,16-17,25H,9,14-15H2,1-2H3. The van der Waals surface area contributed by atoms with Crippen LogP contribution in [0.1, 0.15) is 6.42 Å². The highest BCUT2D eigenvalue weighted by Crippen LogP contribution is 2.30. The van der Waals surface area contributed by atoms with Crippen molar-refractivity contribution in [1.29, 1.82) is 0 Å². The number of fused-ring (bicyclic) bond motifs is 1. The zero-order valence-electron chi connectivity index (χ0n) is 16.8. The summed E-state index contributed by atoms with van der Waals surface area (Å²) in [5.41, 5.74) is 6.22. The van der Waals surface area contributed by atoms with Gasteiger partial charge in [-0.25, -0.2) is 15.0 Å². The maximum atomic E-state index is 4.97. The van der Waals surface area contributed by atoms with Crippen LogP contribution in [0.25, 0.3) is 33.7 Å². The first-order valence-electron chi connectivity index (χ1n) is 9.88. The van der Waals surface area contributed by atoms with Gasteiger partial charge in [-0.05, 0) is 33.1 Å². The van der Waals surface area contributed by atoms with E-state index in [-0.39, 0.29) is 0 Å². The Kier molecular flexibility index (Phi) is 5.77. The minimum atomic E-state index is 0.655. The molecule has 5 nitrogen and oxygen atoms in total. The van der Waals surface area contributed by atoms with Crippen molar-refractivity contribution in [2.45, 2.75) is 6.42 Å². The van der Waals surface area contributed by atoms with Crippen molar-refractivity contribution < 1.29 is 0 Å². The van der Waals surface area contributed by atoms with Crippen molar-refractivity contribution in [3.8, 4) is 22.5 Å². The summed E-state index contributed by atoms with van der Waals surface area (Å²) in [6.07, 6.45) is 2.91. The molecule has 0 spiro atoms. The van der Waals surface area contributed by atoms with Gasteiger partial charge in [-0.3, -0.25) is 0 Å². The largest absolute Gasteiger partial charge is 0.384 e. The quantitative estimate of drug-likeness (QED) is 0.468. The fraction of sp³-hybridized carbons (Fsp3) is 0.208. The van der Waals surface area contributed by atoms with E-state index >= 15 is 0 Å². The van der Waals surface area contributed by atoms with Crippen LogP contribution >= 0.6 is 0 Å². The van der Waals surface area contributed by atoms with Gasteiger partial charge in [0.2, 0.25) is 0 Å².